The van der Waals surface area contributed by atoms with Crippen LogP contribution in [0.4, 0.5) is 5.69 Å². The molecular formula is C19H18N4O3. The van der Waals surface area contributed by atoms with Crippen molar-refractivity contribution in [1.82, 2.24) is 14.8 Å². The van der Waals surface area contributed by atoms with Crippen molar-refractivity contribution in [1.29, 1.82) is 0 Å². The molecule has 0 aliphatic carbocycles. The van der Waals surface area contributed by atoms with Gasteiger partial charge in [0, 0.05) is 30.7 Å². The summed E-state index contributed by atoms with van der Waals surface area (Å²) in [6.07, 6.45) is 4.06. The van der Waals surface area contributed by atoms with Crippen LogP contribution in [0.3, 0.4) is 0 Å². The van der Waals surface area contributed by atoms with Crippen LogP contribution in [0.5, 0.6) is 11.5 Å². The van der Waals surface area contributed by atoms with Gasteiger partial charge in [0.1, 0.15) is 17.2 Å². The van der Waals surface area contributed by atoms with Gasteiger partial charge >= 0.3 is 0 Å². The zero-order chi connectivity index (χ0) is 18.4. The van der Waals surface area contributed by atoms with Gasteiger partial charge in [-0.05, 0) is 48.9 Å². The maximum absolute atomic E-state index is 12.3. The summed E-state index contributed by atoms with van der Waals surface area (Å²) in [6, 6.07) is 13.3. The molecule has 1 amide bonds. The third-order valence-electron chi connectivity index (χ3n) is 3.53. The van der Waals surface area contributed by atoms with Crippen LogP contribution in [0.15, 0.2) is 65.7 Å². The summed E-state index contributed by atoms with van der Waals surface area (Å²) in [7, 11) is 0. The minimum atomic E-state index is -0.377. The van der Waals surface area contributed by atoms with Gasteiger partial charge in [-0.15, -0.1) is 0 Å². The summed E-state index contributed by atoms with van der Waals surface area (Å²) in [6.45, 7) is 2.41. The van der Waals surface area contributed by atoms with Crippen molar-refractivity contribution < 1.29 is 9.53 Å². The van der Waals surface area contributed by atoms with Crippen molar-refractivity contribution in [3.63, 3.8) is 0 Å². The van der Waals surface area contributed by atoms with E-state index in [2.05, 4.69) is 15.4 Å². The largest absolute Gasteiger partial charge is 0.457 e. The van der Waals surface area contributed by atoms with Crippen LogP contribution < -0.4 is 15.6 Å². The van der Waals surface area contributed by atoms with Crippen molar-refractivity contribution in [2.75, 3.05) is 5.32 Å². The Morgan fingerprint density at radius 2 is 1.73 bits per heavy atom. The quantitative estimate of drug-likeness (QED) is 0.738. The third-order valence-corrected chi connectivity index (χ3v) is 3.53. The number of anilines is 1. The third kappa shape index (κ3) is 4.32. The van der Waals surface area contributed by atoms with Gasteiger partial charge in [-0.3, -0.25) is 14.6 Å². The monoisotopic (exact) mass is 350 g/mol. The molecular weight excluding hydrogens is 332 g/mol. The molecule has 7 heteroatoms. The van der Waals surface area contributed by atoms with Gasteiger partial charge in [-0.2, -0.15) is 5.10 Å². The summed E-state index contributed by atoms with van der Waals surface area (Å²) >= 11 is 0. The fourth-order valence-electron chi connectivity index (χ4n) is 2.29. The summed E-state index contributed by atoms with van der Waals surface area (Å²) in [4.78, 5) is 27.9. The van der Waals surface area contributed by atoms with Gasteiger partial charge in [0.25, 0.3) is 11.5 Å². The average molecular weight is 350 g/mol. The van der Waals surface area contributed by atoms with Gasteiger partial charge in [0.2, 0.25) is 0 Å². The number of hydrogen-bond acceptors (Lipinski definition) is 5. The Kier molecular flexibility index (Phi) is 5.38. The van der Waals surface area contributed by atoms with E-state index < -0.39 is 0 Å². The number of nitrogens with zero attached hydrogens (tertiary/aromatic N) is 3. The molecule has 7 nitrogen and oxygen atoms in total. The van der Waals surface area contributed by atoms with Crippen molar-refractivity contribution in [2.45, 2.75) is 19.9 Å². The van der Waals surface area contributed by atoms with E-state index in [1.807, 2.05) is 6.92 Å². The molecule has 26 heavy (non-hydrogen) atoms. The van der Waals surface area contributed by atoms with Crippen LogP contribution in [0, 0.1) is 0 Å². The highest BCUT2D eigenvalue weighted by Crippen LogP contribution is 2.22. The molecule has 2 aromatic heterocycles. The molecule has 0 spiro atoms. The second-order valence-corrected chi connectivity index (χ2v) is 5.54. The standard InChI is InChI=1S/C19H18N4O3/c1-2-13-23-18(24)8-7-17(22-23)19(25)21-14-3-5-15(6-4-14)26-16-9-11-20-12-10-16/h3-12H,2,13H2,1H3,(H,21,25). The number of carbonyl (C=O) groups excluding carboxylic acids is 1. The molecule has 132 valence electrons. The Bertz CT molecular complexity index is 937. The van der Waals surface area contributed by atoms with Gasteiger partial charge in [-0.25, -0.2) is 4.68 Å². The lowest BCUT2D eigenvalue weighted by Crippen LogP contribution is -2.26. The average Bonchev–Trinajstić information content (AvgIpc) is 2.66. The predicted molar refractivity (Wildman–Crippen MR) is 97.5 cm³/mol. The first kappa shape index (κ1) is 17.3. The van der Waals surface area contributed by atoms with Gasteiger partial charge in [-0.1, -0.05) is 6.92 Å². The zero-order valence-electron chi connectivity index (χ0n) is 14.3. The first-order chi connectivity index (χ1) is 12.7. The van der Waals surface area contributed by atoms with E-state index in [0.717, 1.165) is 6.42 Å². The van der Waals surface area contributed by atoms with E-state index >= 15 is 0 Å². The molecule has 2 heterocycles. The van der Waals surface area contributed by atoms with Crippen LogP contribution >= 0.6 is 0 Å². The minimum Gasteiger partial charge on any atom is -0.457 e. The molecule has 0 unspecified atom stereocenters. The van der Waals surface area contributed by atoms with E-state index in [1.54, 1.807) is 48.8 Å². The van der Waals surface area contributed by atoms with Crippen LogP contribution in [0.2, 0.25) is 0 Å². The number of pyridine rings is 1. The van der Waals surface area contributed by atoms with Crippen LogP contribution in [0.1, 0.15) is 23.8 Å². The number of hydrogen-bond donors (Lipinski definition) is 1. The van der Waals surface area contributed by atoms with E-state index in [-0.39, 0.29) is 17.2 Å². The van der Waals surface area contributed by atoms with E-state index in [9.17, 15) is 9.59 Å². The van der Waals surface area contributed by atoms with Gasteiger partial charge in [0.15, 0.2) is 0 Å². The Hall–Kier alpha value is -3.48. The molecule has 3 aromatic rings. The fourth-order valence-corrected chi connectivity index (χ4v) is 2.29. The fraction of sp³-hybridized carbons (Fsp3) is 0.158. The Morgan fingerprint density at radius 3 is 2.42 bits per heavy atom. The molecule has 0 saturated heterocycles. The summed E-state index contributed by atoms with van der Waals surface area (Å²) in [5.74, 6) is 0.945. The normalized spacial score (nSPS) is 10.3. The SMILES string of the molecule is CCCn1nc(C(=O)Nc2ccc(Oc3ccncc3)cc2)ccc1=O. The number of ether oxygens (including phenoxy) is 1. The highest BCUT2D eigenvalue weighted by molar-refractivity contribution is 6.02. The molecule has 1 N–H and O–H groups in total. The van der Waals surface area contributed by atoms with Crippen LogP contribution in [-0.2, 0) is 6.54 Å². The number of nitrogens with one attached hydrogen (secondary N) is 1. The molecule has 3 rings (SSSR count). The lowest BCUT2D eigenvalue weighted by molar-refractivity contribution is 0.101. The molecule has 0 aliphatic heterocycles. The van der Waals surface area contributed by atoms with E-state index in [0.29, 0.717) is 23.7 Å². The Labute approximate surface area is 150 Å². The smallest absolute Gasteiger partial charge is 0.276 e. The van der Waals surface area contributed by atoms with Crippen molar-refractivity contribution in [2.24, 2.45) is 0 Å². The molecule has 0 fully saturated rings. The number of benzene rings is 1. The maximum Gasteiger partial charge on any atom is 0.276 e. The van der Waals surface area contributed by atoms with Crippen molar-refractivity contribution in [3.8, 4) is 11.5 Å². The molecule has 0 saturated carbocycles. The number of amides is 1. The number of rotatable bonds is 6. The topological polar surface area (TPSA) is 86.1 Å². The number of aryl methyl sites for hydroxylation is 1. The zero-order valence-corrected chi connectivity index (χ0v) is 14.3. The second kappa shape index (κ2) is 8.06. The highest BCUT2D eigenvalue weighted by Gasteiger charge is 2.10. The van der Waals surface area contributed by atoms with Gasteiger partial charge < -0.3 is 10.1 Å². The Balaban J connectivity index is 1.68. The van der Waals surface area contributed by atoms with E-state index in [1.165, 1.54) is 16.8 Å². The molecule has 0 bridgehead atoms. The van der Waals surface area contributed by atoms with Crippen LogP contribution in [-0.4, -0.2) is 20.7 Å². The van der Waals surface area contributed by atoms with Crippen molar-refractivity contribution in [3.05, 3.63) is 77.0 Å². The highest BCUT2D eigenvalue weighted by atomic mass is 16.5. The van der Waals surface area contributed by atoms with Crippen LogP contribution in [0.25, 0.3) is 0 Å². The molecule has 0 atom stereocenters. The lowest BCUT2D eigenvalue weighted by atomic mass is 10.3. The van der Waals surface area contributed by atoms with Gasteiger partial charge in [0.05, 0.1) is 0 Å². The Morgan fingerprint density at radius 1 is 1.04 bits per heavy atom. The molecule has 1 aromatic carbocycles. The summed E-state index contributed by atoms with van der Waals surface area (Å²) in [5.41, 5.74) is 0.572. The molecule has 0 aliphatic rings. The minimum absolute atomic E-state index is 0.190. The first-order valence-electron chi connectivity index (χ1n) is 8.23. The maximum atomic E-state index is 12.3. The van der Waals surface area contributed by atoms with Crippen molar-refractivity contribution >= 4 is 11.6 Å². The number of aromatic nitrogens is 3. The summed E-state index contributed by atoms with van der Waals surface area (Å²) < 4.78 is 6.97. The van der Waals surface area contributed by atoms with E-state index in [4.69, 9.17) is 4.74 Å². The first-order valence-corrected chi connectivity index (χ1v) is 8.23. The number of carbonyl (C=O) groups is 1. The lowest BCUT2D eigenvalue weighted by Gasteiger charge is -2.09. The molecule has 0 radical (unpaired) electrons. The second-order valence-electron chi connectivity index (χ2n) is 5.54. The summed E-state index contributed by atoms with van der Waals surface area (Å²) in [5, 5.41) is 6.85. The predicted octanol–water partition coefficient (Wildman–Crippen LogP) is 3.09.